The van der Waals surface area contributed by atoms with E-state index in [-0.39, 0.29) is 41.5 Å². The van der Waals surface area contributed by atoms with Crippen LogP contribution in [0, 0.1) is 24.3 Å². The Bertz CT molecular complexity index is 3010. The molecule has 1 aliphatic heterocycles. The molecular weight excluding hydrogens is 1040 g/mol. The van der Waals surface area contributed by atoms with Crippen LogP contribution < -0.4 is 19.3 Å². The summed E-state index contributed by atoms with van der Waals surface area (Å²) in [6.45, 7) is 0. The van der Waals surface area contributed by atoms with Gasteiger partial charge < -0.3 is 33.8 Å². The van der Waals surface area contributed by atoms with Crippen molar-refractivity contribution in [2.75, 3.05) is 16.8 Å². The zero-order valence-corrected chi connectivity index (χ0v) is 36.6. The second-order valence-electron chi connectivity index (χ2n) is 14.1. The number of rotatable bonds is 8. The summed E-state index contributed by atoms with van der Waals surface area (Å²) in [7, 11) is 2.09. The SMILES string of the molecule is CN1c2ccccc2N(c2cnc(-n3c4[c-]c(Oc5[c-]c(-c6ccccn6)ccc5)ccc4c4ccc(Oc5[c-]c(-c6ccccn6)ccc5)[c-]c43)nc2)c2ccccc21.[Pd+2].[Pt+2]. The van der Waals surface area contributed by atoms with Gasteiger partial charge in [-0.3, -0.25) is 0 Å². The van der Waals surface area contributed by atoms with Crippen LogP contribution in [0.3, 0.4) is 0 Å². The van der Waals surface area contributed by atoms with Crippen LogP contribution in [0.4, 0.5) is 28.4 Å². The first-order valence-corrected chi connectivity index (χ1v) is 19.3. The van der Waals surface area contributed by atoms with Crippen LogP contribution in [0.1, 0.15) is 0 Å². The number of pyridine rings is 2. The van der Waals surface area contributed by atoms with Crippen molar-refractivity contribution in [2.24, 2.45) is 0 Å². The van der Waals surface area contributed by atoms with Crippen LogP contribution in [0.5, 0.6) is 23.0 Å². The van der Waals surface area contributed by atoms with Crippen molar-refractivity contribution in [3.05, 3.63) is 195 Å². The van der Waals surface area contributed by atoms with E-state index in [1.165, 1.54) is 0 Å². The maximum atomic E-state index is 6.41. The van der Waals surface area contributed by atoms with E-state index in [1.807, 2.05) is 126 Å². The van der Waals surface area contributed by atoms with Gasteiger partial charge in [0.05, 0.1) is 40.8 Å². The van der Waals surface area contributed by atoms with Gasteiger partial charge in [0.25, 0.3) is 0 Å². The first kappa shape index (κ1) is 40.5. The summed E-state index contributed by atoms with van der Waals surface area (Å²) in [6.07, 6.45) is 7.24. The molecule has 302 valence electrons. The number of hydrogen-bond acceptors (Lipinski definition) is 8. The van der Waals surface area contributed by atoms with Gasteiger partial charge >= 0.3 is 41.5 Å². The fourth-order valence-corrected chi connectivity index (χ4v) is 7.70. The summed E-state index contributed by atoms with van der Waals surface area (Å²) < 4.78 is 14.8. The van der Waals surface area contributed by atoms with Crippen molar-refractivity contribution in [2.45, 2.75) is 0 Å². The third-order valence-electron chi connectivity index (χ3n) is 10.4. The second-order valence-corrected chi connectivity index (χ2v) is 14.1. The third kappa shape index (κ3) is 7.43. The molecule has 0 saturated carbocycles. The number of fused-ring (bicyclic) bond motifs is 5. The van der Waals surface area contributed by atoms with Crippen molar-refractivity contribution in [1.29, 1.82) is 0 Å². The van der Waals surface area contributed by atoms with Gasteiger partial charge in [0.2, 0.25) is 5.95 Å². The Morgan fingerprint density at radius 1 is 0.452 bits per heavy atom. The molecule has 11 heteroatoms. The van der Waals surface area contributed by atoms with Crippen LogP contribution in [0.2, 0.25) is 0 Å². The minimum Gasteiger partial charge on any atom is -0.503 e. The minimum atomic E-state index is 0. The van der Waals surface area contributed by atoms with E-state index in [0.29, 0.717) is 40.0 Å². The van der Waals surface area contributed by atoms with Crippen LogP contribution in [0.15, 0.2) is 170 Å². The first-order valence-electron chi connectivity index (χ1n) is 19.3. The molecule has 10 aromatic rings. The van der Waals surface area contributed by atoms with Crippen molar-refractivity contribution >= 4 is 50.2 Å². The largest absolute Gasteiger partial charge is 2.00 e. The molecule has 0 radical (unpaired) electrons. The van der Waals surface area contributed by atoms with E-state index in [4.69, 9.17) is 19.4 Å². The summed E-state index contributed by atoms with van der Waals surface area (Å²) in [5.74, 6) is 2.51. The number of anilines is 5. The first-order chi connectivity index (χ1) is 29.6. The molecule has 0 unspecified atom stereocenters. The monoisotopic (exact) mass is 1070 g/mol. The van der Waals surface area contributed by atoms with E-state index in [2.05, 4.69) is 87.5 Å². The Hall–Kier alpha value is -6.95. The predicted octanol–water partition coefficient (Wildman–Crippen LogP) is 12.0. The van der Waals surface area contributed by atoms with E-state index < -0.39 is 0 Å². The van der Waals surface area contributed by atoms with E-state index >= 15 is 0 Å². The zero-order chi connectivity index (χ0) is 40.0. The van der Waals surface area contributed by atoms with Gasteiger partial charge in [-0.05, 0) is 47.8 Å². The summed E-state index contributed by atoms with van der Waals surface area (Å²) in [6, 6.07) is 61.4. The molecule has 0 amide bonds. The fourth-order valence-electron chi connectivity index (χ4n) is 7.70. The zero-order valence-electron chi connectivity index (χ0n) is 32.7. The topological polar surface area (TPSA) is 81.4 Å². The molecule has 0 spiro atoms. The Kier molecular flexibility index (Phi) is 11.2. The van der Waals surface area contributed by atoms with Crippen LogP contribution in [-0.4, -0.2) is 31.6 Å². The van der Waals surface area contributed by atoms with E-state index in [0.717, 1.165) is 61.7 Å². The van der Waals surface area contributed by atoms with Crippen molar-refractivity contribution < 1.29 is 51.0 Å². The normalized spacial score (nSPS) is 11.6. The van der Waals surface area contributed by atoms with Gasteiger partial charge in [-0.15, -0.1) is 71.8 Å². The molecule has 6 aromatic carbocycles. The molecule has 5 heterocycles. The fraction of sp³-hybridized carbons (Fsp3) is 0.0196. The van der Waals surface area contributed by atoms with Crippen molar-refractivity contribution in [1.82, 2.24) is 24.5 Å². The van der Waals surface area contributed by atoms with Crippen molar-refractivity contribution in [3.8, 4) is 51.5 Å². The Labute approximate surface area is 386 Å². The number of nitrogens with zero attached hydrogens (tertiary/aromatic N) is 7. The molecule has 4 aromatic heterocycles. The standard InChI is InChI=1S/C51H31N7O2.Pd.Pt/c1-56-45-18-2-4-20-47(45)57(48-21-5-3-19-46(48)56)36-32-54-51(55-33-36)58-49-30-39(59-37-14-10-12-34(28-37)43-16-6-8-26-52-43)22-24-41(49)42-25-23-40(31-50(42)58)60-38-15-11-13-35(29-38)44-17-7-9-27-53-44;;/h2-27,32-33H,1H3;;/q-4;2*+2. The molecular formula is C51H31N7O2PdPt. The molecule has 11 rings (SSSR count). The molecule has 0 bridgehead atoms. The van der Waals surface area contributed by atoms with Gasteiger partial charge in [0.1, 0.15) is 0 Å². The minimum absolute atomic E-state index is 0. The number of benzene rings is 6. The van der Waals surface area contributed by atoms with Crippen molar-refractivity contribution in [3.63, 3.8) is 0 Å². The average Bonchev–Trinajstić information content (AvgIpc) is 3.63. The van der Waals surface area contributed by atoms with E-state index in [9.17, 15) is 0 Å². The molecule has 62 heavy (non-hydrogen) atoms. The molecule has 0 aliphatic carbocycles. The third-order valence-corrected chi connectivity index (χ3v) is 10.4. The summed E-state index contributed by atoms with van der Waals surface area (Å²) >= 11 is 0. The second kappa shape index (κ2) is 17.2. The molecule has 9 nitrogen and oxygen atoms in total. The Morgan fingerprint density at radius 2 is 0.903 bits per heavy atom. The van der Waals surface area contributed by atoms with Gasteiger partial charge in [-0.1, -0.05) is 71.7 Å². The van der Waals surface area contributed by atoms with Gasteiger partial charge in [-0.2, -0.15) is 22.9 Å². The maximum Gasteiger partial charge on any atom is 2.00 e. The quantitative estimate of drug-likeness (QED) is 0.110. The summed E-state index contributed by atoms with van der Waals surface area (Å²) in [5.41, 5.74) is 9.74. The average molecular weight is 1080 g/mol. The number of para-hydroxylation sites is 4. The van der Waals surface area contributed by atoms with Crippen LogP contribution >= 0.6 is 0 Å². The smallest absolute Gasteiger partial charge is 0.503 e. The summed E-state index contributed by atoms with van der Waals surface area (Å²) in [4.78, 5) is 23.4. The van der Waals surface area contributed by atoms with E-state index in [1.54, 1.807) is 12.4 Å². The Balaban J connectivity index is 0.00000245. The van der Waals surface area contributed by atoms with Crippen LogP contribution in [-0.2, 0) is 41.5 Å². The number of hydrogen-bond donors (Lipinski definition) is 0. The maximum absolute atomic E-state index is 6.41. The van der Waals surface area contributed by atoms with Crippen LogP contribution in [0.25, 0.3) is 50.3 Å². The molecule has 0 fully saturated rings. The summed E-state index contributed by atoms with van der Waals surface area (Å²) in [5, 5.41) is 1.84. The molecule has 0 saturated heterocycles. The number of ether oxygens (including phenoxy) is 2. The Morgan fingerprint density at radius 3 is 1.37 bits per heavy atom. The molecule has 0 N–H and O–H groups in total. The molecule has 0 atom stereocenters. The van der Waals surface area contributed by atoms with Gasteiger partial charge in [0, 0.05) is 42.4 Å². The predicted molar refractivity (Wildman–Crippen MR) is 234 cm³/mol. The number of aromatic nitrogens is 5. The van der Waals surface area contributed by atoms with Gasteiger partial charge in [-0.25, -0.2) is 9.97 Å². The van der Waals surface area contributed by atoms with Gasteiger partial charge in [0.15, 0.2) is 0 Å². The molecule has 1 aliphatic rings.